The minimum absolute atomic E-state index is 0.341. The molecule has 0 aliphatic rings. The van der Waals surface area contributed by atoms with E-state index in [0.29, 0.717) is 41.8 Å². The van der Waals surface area contributed by atoms with Crippen LogP contribution in [0.3, 0.4) is 0 Å². The van der Waals surface area contributed by atoms with Gasteiger partial charge in [-0.1, -0.05) is 26.7 Å². The van der Waals surface area contributed by atoms with E-state index in [-0.39, 0.29) is 5.82 Å². The lowest BCUT2D eigenvalue weighted by Crippen LogP contribution is -2.02. The van der Waals surface area contributed by atoms with Crippen LogP contribution in [0.25, 0.3) is 22.4 Å². The molecule has 1 aromatic heterocycles. The first kappa shape index (κ1) is 19.0. The van der Waals surface area contributed by atoms with E-state index >= 15 is 0 Å². The molecule has 3 aromatic rings. The molecule has 5 nitrogen and oxygen atoms in total. The van der Waals surface area contributed by atoms with Crippen LogP contribution >= 0.6 is 0 Å². The topological polar surface area (TPSA) is 73.2 Å². The molecular formula is C21H26FN3O2. The number of benzene rings is 2. The number of imidazole rings is 1. The largest absolute Gasteiger partial charge is 0.490 e. The van der Waals surface area contributed by atoms with Crippen molar-refractivity contribution in [2.24, 2.45) is 0 Å². The fraction of sp³-hybridized carbons (Fsp3) is 0.381. The smallest absolute Gasteiger partial charge is 0.163 e. The minimum atomic E-state index is -0.370. The molecule has 0 amide bonds. The fourth-order valence-corrected chi connectivity index (χ4v) is 2.77. The molecule has 0 aliphatic carbocycles. The number of hydrogen-bond donors (Lipinski definition) is 2. The number of aromatic amines is 1. The van der Waals surface area contributed by atoms with Gasteiger partial charge >= 0.3 is 0 Å². The molecule has 0 aliphatic heterocycles. The summed E-state index contributed by atoms with van der Waals surface area (Å²) in [6.45, 7) is 5.52. The molecule has 1 heterocycles. The van der Waals surface area contributed by atoms with Gasteiger partial charge in [0, 0.05) is 23.4 Å². The summed E-state index contributed by atoms with van der Waals surface area (Å²) in [7, 11) is 0. The summed E-state index contributed by atoms with van der Waals surface area (Å²) in [6.07, 6.45) is 4.08. The summed E-state index contributed by atoms with van der Waals surface area (Å²) >= 11 is 0. The Kier molecular flexibility index (Phi) is 6.16. The van der Waals surface area contributed by atoms with Crippen LogP contribution in [0.4, 0.5) is 10.1 Å². The van der Waals surface area contributed by atoms with Crippen molar-refractivity contribution in [2.45, 2.75) is 39.5 Å². The summed E-state index contributed by atoms with van der Waals surface area (Å²) in [6, 6.07) is 8.08. The number of nitrogen functional groups attached to an aromatic ring is 1. The van der Waals surface area contributed by atoms with Gasteiger partial charge in [0.2, 0.25) is 0 Å². The first-order chi connectivity index (χ1) is 13.1. The summed E-state index contributed by atoms with van der Waals surface area (Å²) in [5, 5.41) is 0. The van der Waals surface area contributed by atoms with Crippen molar-refractivity contribution in [3.63, 3.8) is 0 Å². The number of H-pyrrole nitrogens is 1. The number of aromatic nitrogens is 2. The summed E-state index contributed by atoms with van der Waals surface area (Å²) in [4.78, 5) is 7.85. The normalized spacial score (nSPS) is 11.1. The Labute approximate surface area is 158 Å². The third-order valence-electron chi connectivity index (χ3n) is 4.33. The van der Waals surface area contributed by atoms with Crippen LogP contribution in [0.2, 0.25) is 0 Å². The van der Waals surface area contributed by atoms with Gasteiger partial charge in [-0.2, -0.15) is 0 Å². The zero-order chi connectivity index (χ0) is 19.2. The average molecular weight is 371 g/mol. The molecular weight excluding hydrogens is 345 g/mol. The number of anilines is 1. The third-order valence-corrected chi connectivity index (χ3v) is 4.33. The van der Waals surface area contributed by atoms with Crippen molar-refractivity contribution in [2.75, 3.05) is 18.9 Å². The highest BCUT2D eigenvalue weighted by molar-refractivity contribution is 5.85. The number of hydrogen-bond acceptors (Lipinski definition) is 4. The van der Waals surface area contributed by atoms with Crippen molar-refractivity contribution in [1.82, 2.24) is 9.97 Å². The number of nitrogens with one attached hydrogen (secondary N) is 1. The zero-order valence-corrected chi connectivity index (χ0v) is 15.8. The highest BCUT2D eigenvalue weighted by Gasteiger charge is 2.14. The Morgan fingerprint density at radius 1 is 1.00 bits per heavy atom. The Balaban J connectivity index is 1.96. The lowest BCUT2D eigenvalue weighted by Gasteiger charge is -2.12. The second kappa shape index (κ2) is 8.75. The molecule has 6 heteroatoms. The van der Waals surface area contributed by atoms with Crippen LogP contribution in [-0.2, 0) is 0 Å². The van der Waals surface area contributed by atoms with Crippen LogP contribution < -0.4 is 15.2 Å². The Morgan fingerprint density at radius 3 is 2.30 bits per heavy atom. The van der Waals surface area contributed by atoms with E-state index < -0.39 is 0 Å². The molecule has 0 saturated heterocycles. The zero-order valence-electron chi connectivity index (χ0n) is 15.8. The third kappa shape index (κ3) is 4.51. The average Bonchev–Trinajstić information content (AvgIpc) is 3.04. The lowest BCUT2D eigenvalue weighted by atomic mass is 10.1. The van der Waals surface area contributed by atoms with E-state index in [1.807, 2.05) is 12.1 Å². The van der Waals surface area contributed by atoms with Crippen molar-refractivity contribution in [3.8, 4) is 22.9 Å². The molecule has 0 fully saturated rings. The molecule has 0 saturated carbocycles. The monoisotopic (exact) mass is 371 g/mol. The molecule has 144 valence electrons. The van der Waals surface area contributed by atoms with Crippen molar-refractivity contribution >= 4 is 16.7 Å². The van der Waals surface area contributed by atoms with Crippen LogP contribution in [0.15, 0.2) is 30.3 Å². The molecule has 2 aromatic carbocycles. The van der Waals surface area contributed by atoms with Crippen LogP contribution in [0.5, 0.6) is 11.5 Å². The van der Waals surface area contributed by atoms with E-state index in [4.69, 9.17) is 15.2 Å². The van der Waals surface area contributed by atoms with Crippen molar-refractivity contribution in [3.05, 3.63) is 36.1 Å². The van der Waals surface area contributed by atoms with Gasteiger partial charge in [-0.3, -0.25) is 0 Å². The van der Waals surface area contributed by atoms with Gasteiger partial charge in [-0.15, -0.1) is 0 Å². The number of fused-ring (bicyclic) bond motifs is 1. The predicted octanol–water partition coefficient (Wildman–Crippen LogP) is 5.31. The second-order valence-electron chi connectivity index (χ2n) is 6.54. The van der Waals surface area contributed by atoms with Crippen LogP contribution in [-0.4, -0.2) is 23.2 Å². The predicted molar refractivity (Wildman–Crippen MR) is 107 cm³/mol. The van der Waals surface area contributed by atoms with Gasteiger partial charge in [0.1, 0.15) is 11.6 Å². The van der Waals surface area contributed by atoms with E-state index in [9.17, 15) is 4.39 Å². The molecule has 3 N–H and O–H groups in total. The van der Waals surface area contributed by atoms with Gasteiger partial charge in [0.05, 0.1) is 24.2 Å². The number of nitrogens with two attached hydrogens (primary N) is 1. The second-order valence-corrected chi connectivity index (χ2v) is 6.54. The summed E-state index contributed by atoms with van der Waals surface area (Å²) < 4.78 is 25.2. The fourth-order valence-electron chi connectivity index (χ4n) is 2.77. The van der Waals surface area contributed by atoms with E-state index in [1.54, 1.807) is 6.07 Å². The van der Waals surface area contributed by atoms with Crippen molar-refractivity contribution < 1.29 is 13.9 Å². The maximum absolute atomic E-state index is 13.3. The van der Waals surface area contributed by atoms with E-state index in [0.717, 1.165) is 36.7 Å². The minimum Gasteiger partial charge on any atom is -0.490 e. The number of rotatable bonds is 9. The maximum atomic E-state index is 13.3. The number of nitrogens with zero attached hydrogens (tertiary/aromatic N) is 1. The molecule has 27 heavy (non-hydrogen) atoms. The van der Waals surface area contributed by atoms with E-state index in [2.05, 4.69) is 23.8 Å². The highest BCUT2D eigenvalue weighted by atomic mass is 19.1. The number of ether oxygens (including phenoxy) is 2. The van der Waals surface area contributed by atoms with Gasteiger partial charge < -0.3 is 20.2 Å². The van der Waals surface area contributed by atoms with E-state index in [1.165, 1.54) is 12.1 Å². The Hall–Kier alpha value is -2.76. The summed E-state index contributed by atoms with van der Waals surface area (Å²) in [5.41, 5.74) is 8.53. The summed E-state index contributed by atoms with van der Waals surface area (Å²) in [5.74, 6) is 1.62. The standard InChI is InChI=1S/C21H26FN3O2/c1-3-5-9-26-19-12-17-18(13-20(19)27-10-6-4-2)25-21(24-17)15-8-7-14(22)11-16(15)23/h7-8,11-13H,3-6,9-10,23H2,1-2H3,(H,24,25). The lowest BCUT2D eigenvalue weighted by molar-refractivity contribution is 0.262. The molecule has 3 rings (SSSR count). The van der Waals surface area contributed by atoms with Crippen LogP contribution in [0.1, 0.15) is 39.5 Å². The Morgan fingerprint density at radius 2 is 1.67 bits per heavy atom. The number of unbranched alkanes of at least 4 members (excludes halogenated alkanes) is 2. The Bertz CT molecular complexity index is 861. The van der Waals surface area contributed by atoms with Gasteiger partial charge in [-0.05, 0) is 31.0 Å². The number of halogens is 1. The maximum Gasteiger partial charge on any atom is 0.163 e. The molecule has 0 unspecified atom stereocenters. The first-order valence-electron chi connectivity index (χ1n) is 9.47. The van der Waals surface area contributed by atoms with Crippen LogP contribution in [0, 0.1) is 5.82 Å². The highest BCUT2D eigenvalue weighted by Crippen LogP contribution is 2.34. The van der Waals surface area contributed by atoms with Crippen molar-refractivity contribution in [1.29, 1.82) is 0 Å². The first-order valence-corrected chi connectivity index (χ1v) is 9.47. The molecule has 0 bridgehead atoms. The molecule has 0 spiro atoms. The quantitative estimate of drug-likeness (QED) is 0.395. The van der Waals surface area contributed by atoms with Gasteiger partial charge in [-0.25, -0.2) is 9.37 Å². The van der Waals surface area contributed by atoms with Gasteiger partial charge in [0.25, 0.3) is 0 Å². The molecule has 0 atom stereocenters. The van der Waals surface area contributed by atoms with Gasteiger partial charge in [0.15, 0.2) is 11.5 Å². The molecule has 0 radical (unpaired) electrons. The SMILES string of the molecule is CCCCOc1cc2nc(-c3ccc(F)cc3N)[nH]c2cc1OCCCC.